The van der Waals surface area contributed by atoms with E-state index in [4.69, 9.17) is 14.6 Å². The highest BCUT2D eigenvalue weighted by atomic mass is 16.5. The molecule has 7 nitrogen and oxygen atoms in total. The van der Waals surface area contributed by atoms with Crippen LogP contribution in [-0.4, -0.2) is 60.3 Å². The minimum absolute atomic E-state index is 0.00703. The summed E-state index contributed by atoms with van der Waals surface area (Å²) >= 11 is 0. The molecule has 0 aromatic heterocycles. The van der Waals surface area contributed by atoms with Crippen molar-refractivity contribution in [2.45, 2.75) is 6.04 Å². The predicted molar refractivity (Wildman–Crippen MR) is 115 cm³/mol. The fourth-order valence-corrected chi connectivity index (χ4v) is 3.45. The molecule has 31 heavy (non-hydrogen) atoms. The molecule has 1 aliphatic rings. The average molecular weight is 423 g/mol. The maximum atomic E-state index is 13.1. The third kappa shape index (κ3) is 5.20. The van der Waals surface area contributed by atoms with Crippen LogP contribution in [0.4, 0.5) is 0 Å². The van der Waals surface area contributed by atoms with Gasteiger partial charge in [-0.15, -0.1) is 0 Å². The molecule has 1 amide bonds. The molecule has 0 spiro atoms. The first-order valence-electron chi connectivity index (χ1n) is 9.91. The van der Waals surface area contributed by atoms with E-state index in [0.29, 0.717) is 11.3 Å². The quantitative estimate of drug-likeness (QED) is 0.451. The lowest BCUT2D eigenvalue weighted by molar-refractivity contribution is -0.130. The van der Waals surface area contributed by atoms with E-state index in [1.807, 2.05) is 30.3 Å². The van der Waals surface area contributed by atoms with Crippen LogP contribution in [0.3, 0.4) is 0 Å². The normalized spacial score (nSPS) is 16.4. The van der Waals surface area contributed by atoms with Crippen LogP contribution in [0.1, 0.15) is 17.2 Å². The third-order valence-electron chi connectivity index (χ3n) is 4.92. The topological polar surface area (TPSA) is 96.3 Å². The van der Waals surface area contributed by atoms with E-state index in [1.54, 1.807) is 30.3 Å². The first-order valence-corrected chi connectivity index (χ1v) is 9.91. The van der Waals surface area contributed by atoms with Gasteiger partial charge in [0.2, 0.25) is 0 Å². The summed E-state index contributed by atoms with van der Waals surface area (Å²) in [6.07, 6.45) is 3.00. The number of nitrogens with zero attached hydrogens (tertiary/aromatic N) is 1. The zero-order valence-electron chi connectivity index (χ0n) is 17.2. The number of ether oxygens (including phenoxy) is 2. The summed E-state index contributed by atoms with van der Waals surface area (Å²) in [5, 5.41) is 19.5. The van der Waals surface area contributed by atoms with Gasteiger partial charge in [0.15, 0.2) is 11.5 Å². The molecule has 1 heterocycles. The molecule has 1 aliphatic heterocycles. The summed E-state index contributed by atoms with van der Waals surface area (Å²) in [6.45, 7) is 0.299. The highest BCUT2D eigenvalue weighted by Gasteiger charge is 2.42. The van der Waals surface area contributed by atoms with E-state index in [1.165, 1.54) is 18.1 Å². The number of carbonyl (C=O) groups is 2. The molecule has 0 radical (unpaired) electrons. The predicted octanol–water partition coefficient (Wildman–Crippen LogP) is 2.68. The Morgan fingerprint density at radius 2 is 1.90 bits per heavy atom. The third-order valence-corrected chi connectivity index (χ3v) is 4.92. The lowest BCUT2D eigenvalue weighted by Gasteiger charge is -2.26. The number of rotatable bonds is 10. The number of aliphatic hydroxyl groups is 2. The van der Waals surface area contributed by atoms with Crippen molar-refractivity contribution >= 4 is 17.8 Å². The maximum absolute atomic E-state index is 13.1. The number of ketones is 1. The summed E-state index contributed by atoms with van der Waals surface area (Å²) in [5.74, 6) is -1.10. The maximum Gasteiger partial charge on any atom is 0.290 e. The minimum Gasteiger partial charge on any atom is -0.503 e. The zero-order valence-corrected chi connectivity index (χ0v) is 17.2. The standard InChI is InChI=1S/C24H25NO6/c1-30-19-9-5-8-18(16-19)22-21(20(27)11-10-17-6-3-2-4-7-17)23(28)24(29)25(22)12-14-31-15-13-26/h2-11,16,22,26,28H,12-15H2,1H3. The number of methoxy groups -OCH3 is 1. The van der Waals surface area contributed by atoms with Crippen LogP contribution in [0.5, 0.6) is 5.75 Å². The SMILES string of the molecule is COc1cccc(C2C(C(=O)C=Cc3ccccc3)=C(O)C(=O)N2CCOCCO)c1. The Labute approximate surface area is 180 Å². The van der Waals surface area contributed by atoms with Gasteiger partial charge in [-0.2, -0.15) is 0 Å². The van der Waals surface area contributed by atoms with Crippen molar-refractivity contribution in [2.75, 3.05) is 33.5 Å². The Hall–Kier alpha value is -3.42. The Balaban J connectivity index is 1.94. The summed E-state index contributed by atoms with van der Waals surface area (Å²) in [5.41, 5.74) is 1.47. The first-order chi connectivity index (χ1) is 15.1. The van der Waals surface area contributed by atoms with Crippen molar-refractivity contribution in [3.8, 4) is 5.75 Å². The van der Waals surface area contributed by atoms with Gasteiger partial charge in [0.05, 0.1) is 38.5 Å². The van der Waals surface area contributed by atoms with E-state index >= 15 is 0 Å². The summed E-state index contributed by atoms with van der Waals surface area (Å²) in [4.78, 5) is 27.3. The van der Waals surface area contributed by atoms with Gasteiger partial charge in [0.25, 0.3) is 5.91 Å². The minimum atomic E-state index is -0.784. The molecular formula is C24H25NO6. The van der Waals surface area contributed by atoms with Crippen molar-refractivity contribution < 1.29 is 29.3 Å². The number of allylic oxidation sites excluding steroid dienone is 1. The largest absolute Gasteiger partial charge is 0.503 e. The second-order valence-corrected chi connectivity index (χ2v) is 6.88. The molecule has 0 saturated heterocycles. The Morgan fingerprint density at radius 1 is 1.13 bits per heavy atom. The molecule has 0 aliphatic carbocycles. The number of benzene rings is 2. The van der Waals surface area contributed by atoms with Crippen LogP contribution in [0.25, 0.3) is 6.08 Å². The number of hydrogen-bond acceptors (Lipinski definition) is 6. The first kappa shape index (κ1) is 22.3. The van der Waals surface area contributed by atoms with Crippen molar-refractivity contribution in [1.82, 2.24) is 4.90 Å². The fraction of sp³-hybridized carbons (Fsp3) is 0.250. The summed E-state index contributed by atoms with van der Waals surface area (Å²) < 4.78 is 10.6. The van der Waals surface area contributed by atoms with E-state index in [2.05, 4.69) is 0 Å². The van der Waals surface area contributed by atoms with E-state index in [9.17, 15) is 14.7 Å². The van der Waals surface area contributed by atoms with Gasteiger partial charge in [-0.25, -0.2) is 0 Å². The number of carbonyl (C=O) groups excluding carboxylic acids is 2. The molecule has 7 heteroatoms. The molecule has 162 valence electrons. The van der Waals surface area contributed by atoms with Crippen molar-refractivity contribution in [1.29, 1.82) is 0 Å². The number of hydrogen-bond donors (Lipinski definition) is 2. The van der Waals surface area contributed by atoms with Crippen LogP contribution < -0.4 is 4.74 Å². The smallest absolute Gasteiger partial charge is 0.290 e. The van der Waals surface area contributed by atoms with Crippen molar-refractivity contribution in [3.63, 3.8) is 0 Å². The van der Waals surface area contributed by atoms with Gasteiger partial charge in [-0.1, -0.05) is 48.5 Å². The van der Waals surface area contributed by atoms with E-state index < -0.39 is 23.5 Å². The Morgan fingerprint density at radius 3 is 2.61 bits per heavy atom. The monoisotopic (exact) mass is 423 g/mol. The van der Waals surface area contributed by atoms with Gasteiger partial charge in [0.1, 0.15) is 5.75 Å². The summed E-state index contributed by atoms with van der Waals surface area (Å²) in [7, 11) is 1.53. The van der Waals surface area contributed by atoms with Crippen molar-refractivity contribution in [3.05, 3.63) is 83.1 Å². The highest BCUT2D eigenvalue weighted by Crippen LogP contribution is 2.38. The lowest BCUT2D eigenvalue weighted by Crippen LogP contribution is -2.34. The highest BCUT2D eigenvalue weighted by molar-refractivity contribution is 6.14. The van der Waals surface area contributed by atoms with Crippen LogP contribution in [0, 0.1) is 0 Å². The number of amides is 1. The van der Waals surface area contributed by atoms with Gasteiger partial charge >= 0.3 is 0 Å². The molecule has 2 aromatic carbocycles. The van der Waals surface area contributed by atoms with Crippen LogP contribution in [0.2, 0.25) is 0 Å². The molecule has 0 saturated carbocycles. The molecule has 0 bridgehead atoms. The molecule has 2 aromatic rings. The van der Waals surface area contributed by atoms with Crippen LogP contribution >= 0.6 is 0 Å². The second kappa shape index (κ2) is 10.6. The van der Waals surface area contributed by atoms with Crippen LogP contribution in [-0.2, 0) is 14.3 Å². The molecule has 1 atom stereocenters. The Kier molecular flexibility index (Phi) is 7.59. The Bertz CT molecular complexity index is 983. The van der Waals surface area contributed by atoms with Crippen molar-refractivity contribution in [2.24, 2.45) is 0 Å². The molecular weight excluding hydrogens is 398 g/mol. The second-order valence-electron chi connectivity index (χ2n) is 6.88. The average Bonchev–Trinajstić information content (AvgIpc) is 3.06. The zero-order chi connectivity index (χ0) is 22.2. The van der Waals surface area contributed by atoms with E-state index in [-0.39, 0.29) is 31.9 Å². The molecule has 1 unspecified atom stereocenters. The number of aliphatic hydroxyl groups excluding tert-OH is 2. The molecule has 0 fully saturated rings. The fourth-order valence-electron chi connectivity index (χ4n) is 3.45. The molecule has 2 N–H and O–H groups in total. The van der Waals surface area contributed by atoms with E-state index in [0.717, 1.165) is 5.56 Å². The van der Waals surface area contributed by atoms with Gasteiger partial charge in [-0.3, -0.25) is 9.59 Å². The molecule has 3 rings (SSSR count). The van der Waals surface area contributed by atoms with Crippen LogP contribution in [0.15, 0.2) is 72.0 Å². The van der Waals surface area contributed by atoms with Gasteiger partial charge in [0, 0.05) is 6.54 Å². The lowest BCUT2D eigenvalue weighted by atomic mass is 9.95. The van der Waals surface area contributed by atoms with Gasteiger partial charge in [-0.05, 0) is 29.3 Å². The summed E-state index contributed by atoms with van der Waals surface area (Å²) in [6, 6.07) is 15.5. The van der Waals surface area contributed by atoms with Gasteiger partial charge < -0.3 is 24.6 Å².